The highest BCUT2D eigenvalue weighted by Gasteiger charge is 2.30. The van der Waals surface area contributed by atoms with Crippen molar-refractivity contribution < 1.29 is 4.79 Å². The number of pyridine rings is 1. The topological polar surface area (TPSA) is 39.7 Å². The number of rotatable bonds is 4. The normalized spacial score (nSPS) is 20.2. The Bertz CT molecular complexity index is 785. The van der Waals surface area contributed by atoms with Crippen LogP contribution in [0.1, 0.15) is 18.9 Å². The number of carbonyl (C=O) groups excluding carboxylic acids is 1. The molecule has 3 heterocycles. The van der Waals surface area contributed by atoms with Gasteiger partial charge in [-0.1, -0.05) is 12.1 Å². The zero-order valence-corrected chi connectivity index (χ0v) is 15.1. The number of likely N-dealkylation sites (N-methyl/N-ethyl adjacent to an activating group) is 1. The molecule has 1 aromatic carbocycles. The number of hydrogen-bond acceptors (Lipinski definition) is 4. The van der Waals surface area contributed by atoms with Crippen molar-refractivity contribution in [2.75, 3.05) is 44.7 Å². The molecular weight excluding hydrogens is 312 g/mol. The van der Waals surface area contributed by atoms with E-state index in [2.05, 4.69) is 33.0 Å². The van der Waals surface area contributed by atoms with Crippen LogP contribution in [0.25, 0.3) is 10.8 Å². The number of hydrogen-bond donors (Lipinski definition) is 0. The first-order chi connectivity index (χ1) is 12.1. The predicted octanol–water partition coefficient (Wildman–Crippen LogP) is 2.15. The zero-order chi connectivity index (χ0) is 17.4. The zero-order valence-electron chi connectivity index (χ0n) is 15.1. The van der Waals surface area contributed by atoms with E-state index in [4.69, 9.17) is 0 Å². The summed E-state index contributed by atoms with van der Waals surface area (Å²) >= 11 is 0. The number of aromatic nitrogens is 1. The fourth-order valence-electron chi connectivity index (χ4n) is 4.18. The van der Waals surface area contributed by atoms with E-state index in [1.165, 1.54) is 28.4 Å². The van der Waals surface area contributed by atoms with Gasteiger partial charge in [-0.25, -0.2) is 0 Å². The van der Waals surface area contributed by atoms with Crippen LogP contribution in [-0.2, 0) is 11.2 Å². The Morgan fingerprint density at radius 1 is 1.32 bits per heavy atom. The molecule has 1 fully saturated rings. The average Bonchev–Trinajstić information content (AvgIpc) is 3.09. The van der Waals surface area contributed by atoms with Crippen LogP contribution in [0.2, 0.25) is 0 Å². The summed E-state index contributed by atoms with van der Waals surface area (Å²) < 4.78 is 0. The number of nitrogens with zero attached hydrogens (tertiary/aromatic N) is 4. The van der Waals surface area contributed by atoms with E-state index < -0.39 is 0 Å². The first-order valence-corrected chi connectivity index (χ1v) is 9.20. The Balaban J connectivity index is 1.49. The summed E-state index contributed by atoms with van der Waals surface area (Å²) in [7, 11) is 1.88. The molecule has 0 radical (unpaired) electrons. The third-order valence-corrected chi connectivity index (χ3v) is 5.75. The molecule has 4 rings (SSSR count). The van der Waals surface area contributed by atoms with Crippen LogP contribution in [-0.4, -0.2) is 66.5 Å². The average molecular weight is 338 g/mol. The van der Waals surface area contributed by atoms with Crippen LogP contribution >= 0.6 is 0 Å². The molecule has 5 nitrogen and oxygen atoms in total. The monoisotopic (exact) mass is 338 g/mol. The Kier molecular flexibility index (Phi) is 4.34. The van der Waals surface area contributed by atoms with E-state index >= 15 is 0 Å². The van der Waals surface area contributed by atoms with Gasteiger partial charge < -0.3 is 9.80 Å². The second-order valence-electron chi connectivity index (χ2n) is 7.30. The van der Waals surface area contributed by atoms with Crippen molar-refractivity contribution in [2.45, 2.75) is 25.8 Å². The Hall–Kier alpha value is -2.14. The van der Waals surface area contributed by atoms with Crippen molar-refractivity contribution in [3.8, 4) is 0 Å². The van der Waals surface area contributed by atoms with Gasteiger partial charge in [0.25, 0.3) is 0 Å². The lowest BCUT2D eigenvalue weighted by Crippen LogP contribution is -2.41. The maximum Gasteiger partial charge on any atom is 0.219 e. The molecule has 1 unspecified atom stereocenters. The minimum Gasteiger partial charge on any atom is -0.366 e. The van der Waals surface area contributed by atoms with Gasteiger partial charge in [0.15, 0.2) is 0 Å². The van der Waals surface area contributed by atoms with E-state index in [1.807, 2.05) is 19.4 Å². The SMILES string of the molecule is CC(=O)N(C)CCN1CCC(N2CCc3cncc4cccc2c34)C1. The molecule has 0 N–H and O–H groups in total. The summed E-state index contributed by atoms with van der Waals surface area (Å²) in [6.07, 6.45) is 6.28. The standard InChI is InChI=1S/C20H26N4O/c1-15(25)22(2)10-11-23-8-7-18(14-23)24-9-6-17-13-21-12-16-4-3-5-19(24)20(16)17/h3-5,12-13,18H,6-11,14H2,1-2H3. The van der Waals surface area contributed by atoms with Crippen LogP contribution in [0.3, 0.4) is 0 Å². The highest BCUT2D eigenvalue weighted by molar-refractivity contribution is 5.97. The molecule has 2 aromatic rings. The molecule has 1 aromatic heterocycles. The van der Waals surface area contributed by atoms with Gasteiger partial charge in [0.1, 0.15) is 0 Å². The summed E-state index contributed by atoms with van der Waals surface area (Å²) in [6, 6.07) is 7.14. The third kappa shape index (κ3) is 3.09. The highest BCUT2D eigenvalue weighted by atomic mass is 16.2. The smallest absolute Gasteiger partial charge is 0.219 e. The molecule has 0 saturated carbocycles. The largest absolute Gasteiger partial charge is 0.366 e. The van der Waals surface area contributed by atoms with Gasteiger partial charge in [-0.2, -0.15) is 0 Å². The Morgan fingerprint density at radius 2 is 2.20 bits per heavy atom. The van der Waals surface area contributed by atoms with Crippen LogP contribution < -0.4 is 4.90 Å². The first kappa shape index (κ1) is 16.3. The predicted molar refractivity (Wildman–Crippen MR) is 101 cm³/mol. The van der Waals surface area contributed by atoms with Gasteiger partial charge in [-0.15, -0.1) is 0 Å². The Labute approximate surface area is 149 Å². The molecule has 1 saturated heterocycles. The van der Waals surface area contributed by atoms with Crippen molar-refractivity contribution in [1.29, 1.82) is 0 Å². The van der Waals surface area contributed by atoms with Gasteiger partial charge >= 0.3 is 0 Å². The molecule has 1 amide bonds. The molecule has 5 heteroatoms. The van der Waals surface area contributed by atoms with Crippen molar-refractivity contribution in [2.24, 2.45) is 0 Å². The minimum atomic E-state index is 0.142. The van der Waals surface area contributed by atoms with Crippen molar-refractivity contribution in [1.82, 2.24) is 14.8 Å². The third-order valence-electron chi connectivity index (χ3n) is 5.75. The van der Waals surface area contributed by atoms with E-state index in [9.17, 15) is 4.79 Å². The quantitative estimate of drug-likeness (QED) is 0.856. The lowest BCUT2D eigenvalue weighted by molar-refractivity contribution is -0.127. The summed E-state index contributed by atoms with van der Waals surface area (Å²) in [5.74, 6) is 0.142. The van der Waals surface area contributed by atoms with Gasteiger partial charge in [0, 0.05) is 81.6 Å². The number of anilines is 1. The van der Waals surface area contributed by atoms with E-state index in [0.717, 1.165) is 39.1 Å². The molecule has 0 bridgehead atoms. The molecule has 0 aliphatic carbocycles. The summed E-state index contributed by atoms with van der Waals surface area (Å²) in [5.41, 5.74) is 2.75. The number of carbonyl (C=O) groups is 1. The second-order valence-corrected chi connectivity index (χ2v) is 7.30. The number of amides is 1. The highest BCUT2D eigenvalue weighted by Crippen LogP contribution is 2.36. The maximum absolute atomic E-state index is 11.4. The van der Waals surface area contributed by atoms with Gasteiger partial charge in [-0.05, 0) is 24.5 Å². The fraction of sp³-hybridized carbons (Fsp3) is 0.500. The number of likely N-dealkylation sites (tertiary alicyclic amines) is 1. The Morgan fingerprint density at radius 3 is 3.04 bits per heavy atom. The molecule has 132 valence electrons. The van der Waals surface area contributed by atoms with Crippen LogP contribution in [0.5, 0.6) is 0 Å². The lowest BCUT2D eigenvalue weighted by Gasteiger charge is -2.36. The molecule has 2 aliphatic heterocycles. The summed E-state index contributed by atoms with van der Waals surface area (Å²) in [5, 5.41) is 2.64. The van der Waals surface area contributed by atoms with E-state index in [1.54, 1.807) is 11.8 Å². The van der Waals surface area contributed by atoms with Crippen molar-refractivity contribution in [3.05, 3.63) is 36.2 Å². The van der Waals surface area contributed by atoms with E-state index in [0.29, 0.717) is 6.04 Å². The summed E-state index contributed by atoms with van der Waals surface area (Å²) in [6.45, 7) is 6.68. The fourth-order valence-corrected chi connectivity index (χ4v) is 4.18. The van der Waals surface area contributed by atoms with Crippen LogP contribution in [0.4, 0.5) is 5.69 Å². The van der Waals surface area contributed by atoms with Crippen molar-refractivity contribution in [3.63, 3.8) is 0 Å². The van der Waals surface area contributed by atoms with Gasteiger partial charge in [0.2, 0.25) is 5.91 Å². The van der Waals surface area contributed by atoms with Crippen LogP contribution in [0, 0.1) is 0 Å². The van der Waals surface area contributed by atoms with Crippen LogP contribution in [0.15, 0.2) is 30.6 Å². The molecule has 0 spiro atoms. The molecule has 25 heavy (non-hydrogen) atoms. The minimum absolute atomic E-state index is 0.142. The lowest BCUT2D eigenvalue weighted by atomic mass is 9.97. The molecular formula is C20H26N4O. The maximum atomic E-state index is 11.4. The number of benzene rings is 1. The second kappa shape index (κ2) is 6.64. The first-order valence-electron chi connectivity index (χ1n) is 9.20. The van der Waals surface area contributed by atoms with Crippen molar-refractivity contribution >= 4 is 22.4 Å². The van der Waals surface area contributed by atoms with Gasteiger partial charge in [-0.3, -0.25) is 14.7 Å². The molecule has 1 atom stereocenters. The van der Waals surface area contributed by atoms with E-state index in [-0.39, 0.29) is 5.91 Å². The summed E-state index contributed by atoms with van der Waals surface area (Å²) in [4.78, 5) is 22.7. The molecule has 2 aliphatic rings. The van der Waals surface area contributed by atoms with Gasteiger partial charge in [0.05, 0.1) is 0 Å².